The molecule has 5 heteroatoms. The van der Waals surface area contributed by atoms with Crippen LogP contribution in [-0.4, -0.2) is 6.29 Å². The molecule has 1 heterocycles. The first-order chi connectivity index (χ1) is 9.13. The second-order valence-corrected chi connectivity index (χ2v) is 5.51. The number of halogens is 2. The van der Waals surface area contributed by atoms with Gasteiger partial charge in [-0.25, -0.2) is 4.39 Å². The minimum Gasteiger partial charge on any atom is -0.487 e. The first kappa shape index (κ1) is 14.0. The largest absolute Gasteiger partial charge is 0.487 e. The number of thiophene rings is 1. The highest BCUT2D eigenvalue weighted by Crippen LogP contribution is 2.28. The van der Waals surface area contributed by atoms with E-state index in [9.17, 15) is 9.18 Å². The number of aldehydes is 1. The molecule has 0 unspecified atom stereocenters. The summed E-state index contributed by atoms with van der Waals surface area (Å²) in [5.41, 5.74) is 0.968. The van der Waals surface area contributed by atoms with Gasteiger partial charge in [0.15, 0.2) is 6.29 Å². The fourth-order valence-electron chi connectivity index (χ4n) is 1.72. The number of benzene rings is 1. The summed E-state index contributed by atoms with van der Waals surface area (Å²) in [7, 11) is 0. The Morgan fingerprint density at radius 1 is 1.42 bits per heavy atom. The summed E-state index contributed by atoms with van der Waals surface area (Å²) in [6.45, 7) is 2.34. The summed E-state index contributed by atoms with van der Waals surface area (Å²) >= 11 is 7.34. The van der Waals surface area contributed by atoms with Crippen molar-refractivity contribution in [3.63, 3.8) is 0 Å². The van der Waals surface area contributed by atoms with Crippen LogP contribution >= 0.6 is 22.9 Å². The smallest absolute Gasteiger partial charge is 0.160 e. The summed E-state index contributed by atoms with van der Waals surface area (Å²) in [6, 6.07) is 5.82. The molecule has 0 aliphatic heterocycles. The van der Waals surface area contributed by atoms with Gasteiger partial charge in [0.05, 0.1) is 9.90 Å². The Balaban J connectivity index is 2.13. The number of carbonyl (C=O) groups excluding carboxylic acids is 1. The lowest BCUT2D eigenvalue weighted by atomic mass is 10.2. The third kappa shape index (κ3) is 3.33. The van der Waals surface area contributed by atoms with E-state index < -0.39 is 5.82 Å². The van der Waals surface area contributed by atoms with Crippen LogP contribution in [0, 0.1) is 5.82 Å². The molecule has 0 saturated heterocycles. The molecule has 2 aromatic rings. The Kier molecular flexibility index (Phi) is 4.56. The van der Waals surface area contributed by atoms with Crippen molar-refractivity contribution in [2.75, 3.05) is 0 Å². The molecule has 1 aromatic heterocycles. The summed E-state index contributed by atoms with van der Waals surface area (Å²) in [5, 5.41) is 0.240. The normalized spacial score (nSPS) is 10.5. The van der Waals surface area contributed by atoms with E-state index in [1.165, 1.54) is 29.5 Å². The highest BCUT2D eigenvalue weighted by Gasteiger charge is 2.09. The molecule has 0 N–H and O–H groups in total. The minimum atomic E-state index is -0.398. The van der Waals surface area contributed by atoms with Crippen molar-refractivity contribution >= 4 is 29.2 Å². The Bertz CT molecular complexity index is 595. The molecule has 2 nitrogen and oxygen atoms in total. The molecular weight excluding hydrogens is 287 g/mol. The molecule has 0 radical (unpaired) electrons. The lowest BCUT2D eigenvalue weighted by Gasteiger charge is -2.08. The lowest BCUT2D eigenvalue weighted by Crippen LogP contribution is -1.97. The molecule has 0 bridgehead atoms. The van der Waals surface area contributed by atoms with Crippen LogP contribution in [-0.2, 0) is 13.0 Å². The van der Waals surface area contributed by atoms with Gasteiger partial charge in [-0.3, -0.25) is 4.79 Å². The van der Waals surface area contributed by atoms with Crippen LogP contribution in [0.25, 0.3) is 0 Å². The van der Waals surface area contributed by atoms with Gasteiger partial charge in [0.25, 0.3) is 0 Å². The van der Waals surface area contributed by atoms with Crippen LogP contribution in [0.3, 0.4) is 0 Å². The first-order valence-corrected chi connectivity index (χ1v) is 6.98. The van der Waals surface area contributed by atoms with E-state index in [1.807, 2.05) is 13.0 Å². The molecule has 0 aliphatic carbocycles. The summed E-state index contributed by atoms with van der Waals surface area (Å²) < 4.78 is 18.5. The fraction of sp³-hybridized carbons (Fsp3) is 0.214. The highest BCUT2D eigenvalue weighted by molar-refractivity contribution is 7.13. The predicted octanol–water partition coefficient (Wildman–Crippen LogP) is 4.49. The van der Waals surface area contributed by atoms with Gasteiger partial charge in [0.1, 0.15) is 18.2 Å². The maximum absolute atomic E-state index is 12.9. The standard InChI is InChI=1S/C14H12ClFO2S/c1-2-14-9(5-11(7-17)19-14)8-18-13-4-3-10(16)6-12(13)15/h3-7H,2,8H2,1H3. The van der Waals surface area contributed by atoms with Crippen molar-refractivity contribution in [3.8, 4) is 5.75 Å². The maximum Gasteiger partial charge on any atom is 0.160 e. The number of hydrogen-bond donors (Lipinski definition) is 0. The molecule has 0 aliphatic rings. The van der Waals surface area contributed by atoms with Gasteiger partial charge in [-0.05, 0) is 30.7 Å². The third-order valence-corrected chi connectivity index (χ3v) is 4.17. The van der Waals surface area contributed by atoms with Gasteiger partial charge in [0.2, 0.25) is 0 Å². The van der Waals surface area contributed by atoms with Gasteiger partial charge >= 0.3 is 0 Å². The average Bonchev–Trinajstić information content (AvgIpc) is 2.80. The molecule has 1 aromatic carbocycles. The quantitative estimate of drug-likeness (QED) is 0.760. The van der Waals surface area contributed by atoms with Gasteiger partial charge in [-0.15, -0.1) is 11.3 Å². The van der Waals surface area contributed by atoms with E-state index in [0.717, 1.165) is 23.1 Å². The average molecular weight is 299 g/mol. The molecular formula is C14H12ClFO2S. The van der Waals surface area contributed by atoms with E-state index in [-0.39, 0.29) is 5.02 Å². The van der Waals surface area contributed by atoms with Crippen LogP contribution in [0.1, 0.15) is 27.0 Å². The van der Waals surface area contributed by atoms with Crippen LogP contribution < -0.4 is 4.74 Å². The van der Waals surface area contributed by atoms with Crippen molar-refractivity contribution in [3.05, 3.63) is 50.4 Å². The summed E-state index contributed by atoms with van der Waals surface area (Å²) in [5.74, 6) is 0.0364. The van der Waals surface area contributed by atoms with E-state index in [4.69, 9.17) is 16.3 Å². The van der Waals surface area contributed by atoms with Crippen LogP contribution in [0.5, 0.6) is 5.75 Å². The molecule has 0 atom stereocenters. The van der Waals surface area contributed by atoms with E-state index in [1.54, 1.807) is 0 Å². The minimum absolute atomic E-state index is 0.240. The second-order valence-electron chi connectivity index (χ2n) is 3.93. The Morgan fingerprint density at radius 3 is 2.84 bits per heavy atom. The monoisotopic (exact) mass is 298 g/mol. The number of aryl methyl sites for hydroxylation is 1. The second kappa shape index (κ2) is 6.17. The Labute approximate surface area is 119 Å². The first-order valence-electron chi connectivity index (χ1n) is 5.78. The highest BCUT2D eigenvalue weighted by atomic mass is 35.5. The van der Waals surface area contributed by atoms with Crippen molar-refractivity contribution < 1.29 is 13.9 Å². The van der Waals surface area contributed by atoms with Gasteiger partial charge in [0, 0.05) is 10.4 Å². The van der Waals surface area contributed by atoms with Crippen LogP contribution in [0.15, 0.2) is 24.3 Å². The Morgan fingerprint density at radius 2 is 2.21 bits per heavy atom. The number of hydrogen-bond acceptors (Lipinski definition) is 3. The summed E-state index contributed by atoms with van der Waals surface area (Å²) in [6.07, 6.45) is 1.67. The van der Waals surface area contributed by atoms with E-state index in [0.29, 0.717) is 17.2 Å². The zero-order chi connectivity index (χ0) is 13.8. The molecule has 0 amide bonds. The van der Waals surface area contributed by atoms with Gasteiger partial charge in [-0.1, -0.05) is 18.5 Å². The van der Waals surface area contributed by atoms with Crippen molar-refractivity contribution in [2.24, 2.45) is 0 Å². The third-order valence-electron chi connectivity index (χ3n) is 2.63. The number of ether oxygens (including phenoxy) is 1. The SMILES string of the molecule is CCc1sc(C=O)cc1COc1ccc(F)cc1Cl. The van der Waals surface area contributed by atoms with E-state index >= 15 is 0 Å². The molecule has 0 saturated carbocycles. The zero-order valence-electron chi connectivity index (χ0n) is 10.3. The fourth-order valence-corrected chi connectivity index (χ4v) is 2.87. The van der Waals surface area contributed by atoms with Crippen molar-refractivity contribution in [2.45, 2.75) is 20.0 Å². The Hall–Kier alpha value is -1.39. The molecule has 100 valence electrons. The van der Waals surface area contributed by atoms with Gasteiger partial charge < -0.3 is 4.74 Å². The topological polar surface area (TPSA) is 26.3 Å². The van der Waals surface area contributed by atoms with Crippen LogP contribution in [0.2, 0.25) is 5.02 Å². The number of rotatable bonds is 5. The molecule has 0 spiro atoms. The van der Waals surface area contributed by atoms with E-state index in [2.05, 4.69) is 0 Å². The van der Waals surface area contributed by atoms with Crippen molar-refractivity contribution in [1.82, 2.24) is 0 Å². The lowest BCUT2D eigenvalue weighted by molar-refractivity contribution is 0.112. The van der Waals surface area contributed by atoms with Crippen molar-refractivity contribution in [1.29, 1.82) is 0 Å². The number of carbonyl (C=O) groups is 1. The van der Waals surface area contributed by atoms with Crippen LogP contribution in [0.4, 0.5) is 4.39 Å². The molecule has 19 heavy (non-hydrogen) atoms. The van der Waals surface area contributed by atoms with Gasteiger partial charge in [-0.2, -0.15) is 0 Å². The summed E-state index contributed by atoms with van der Waals surface area (Å²) in [4.78, 5) is 12.6. The molecule has 0 fully saturated rings. The maximum atomic E-state index is 12.9. The zero-order valence-corrected chi connectivity index (χ0v) is 11.9. The predicted molar refractivity (Wildman–Crippen MR) is 74.8 cm³/mol. The molecule has 2 rings (SSSR count).